The van der Waals surface area contributed by atoms with Gasteiger partial charge >= 0.3 is 5.97 Å². The van der Waals surface area contributed by atoms with Crippen molar-refractivity contribution in [2.75, 3.05) is 6.61 Å². The molecule has 0 aliphatic carbocycles. The molecular formula is C23H19N3O5S. The van der Waals surface area contributed by atoms with E-state index in [1.165, 1.54) is 34.1 Å². The molecule has 1 aromatic heterocycles. The second kappa shape index (κ2) is 8.72. The lowest BCUT2D eigenvalue weighted by molar-refractivity contribution is -0.384. The lowest BCUT2D eigenvalue weighted by atomic mass is 9.95. The number of non-ortho nitro benzene ring substituents is 1. The maximum atomic E-state index is 13.4. The standard InChI is InChI=1S/C23H19N3O5S/c1-3-31-22(28)19-14(2)24-23-25(20(19)16-10-7-11-17(13-16)26(29)30)21(27)18(32-23)12-15-8-5-4-6-9-15/h4-13,20H,3H2,1-2H3/b18-12+. The molecule has 1 aliphatic heterocycles. The highest BCUT2D eigenvalue weighted by atomic mass is 32.1. The summed E-state index contributed by atoms with van der Waals surface area (Å²) in [7, 11) is 0. The van der Waals surface area contributed by atoms with Crippen LogP contribution in [0.3, 0.4) is 0 Å². The van der Waals surface area contributed by atoms with Gasteiger partial charge in [0.15, 0.2) is 4.80 Å². The molecule has 1 atom stereocenters. The Bertz CT molecular complexity index is 1420. The summed E-state index contributed by atoms with van der Waals surface area (Å²) in [6, 6.07) is 14.4. The minimum Gasteiger partial charge on any atom is -0.463 e. The van der Waals surface area contributed by atoms with Gasteiger partial charge in [-0.1, -0.05) is 53.8 Å². The maximum Gasteiger partial charge on any atom is 0.338 e. The van der Waals surface area contributed by atoms with Crippen molar-refractivity contribution in [3.8, 4) is 0 Å². The van der Waals surface area contributed by atoms with Gasteiger partial charge in [0.2, 0.25) is 0 Å². The number of benzene rings is 2. The van der Waals surface area contributed by atoms with Crippen LogP contribution >= 0.6 is 11.3 Å². The summed E-state index contributed by atoms with van der Waals surface area (Å²) in [5.41, 5.74) is 1.42. The van der Waals surface area contributed by atoms with Crippen LogP contribution in [-0.4, -0.2) is 22.1 Å². The van der Waals surface area contributed by atoms with Crippen LogP contribution in [-0.2, 0) is 9.53 Å². The van der Waals surface area contributed by atoms with E-state index >= 15 is 0 Å². The number of nitro benzene ring substituents is 1. The van der Waals surface area contributed by atoms with Crippen LogP contribution in [0.1, 0.15) is 31.0 Å². The molecule has 32 heavy (non-hydrogen) atoms. The van der Waals surface area contributed by atoms with E-state index in [9.17, 15) is 19.7 Å². The van der Waals surface area contributed by atoms with E-state index in [0.29, 0.717) is 20.6 Å². The minimum atomic E-state index is -0.886. The molecule has 0 bridgehead atoms. The number of carbonyl (C=O) groups is 1. The maximum absolute atomic E-state index is 13.4. The van der Waals surface area contributed by atoms with Crippen molar-refractivity contribution in [3.05, 3.63) is 107 Å². The molecule has 0 spiro atoms. The average Bonchev–Trinajstić information content (AvgIpc) is 3.08. The third-order valence-electron chi connectivity index (χ3n) is 5.01. The second-order valence-electron chi connectivity index (χ2n) is 7.07. The molecule has 0 saturated heterocycles. The van der Waals surface area contributed by atoms with Crippen LogP contribution in [0.15, 0.2) is 75.7 Å². The molecule has 2 aromatic carbocycles. The van der Waals surface area contributed by atoms with Crippen LogP contribution in [0.5, 0.6) is 0 Å². The van der Waals surface area contributed by atoms with Gasteiger partial charge < -0.3 is 4.74 Å². The van der Waals surface area contributed by atoms with Gasteiger partial charge in [-0.3, -0.25) is 19.5 Å². The van der Waals surface area contributed by atoms with E-state index in [2.05, 4.69) is 4.99 Å². The molecule has 162 valence electrons. The van der Waals surface area contributed by atoms with Crippen molar-refractivity contribution in [2.45, 2.75) is 19.9 Å². The zero-order valence-corrected chi connectivity index (χ0v) is 18.2. The van der Waals surface area contributed by atoms with E-state index in [0.717, 1.165) is 5.56 Å². The fourth-order valence-electron chi connectivity index (χ4n) is 3.62. The van der Waals surface area contributed by atoms with Crippen LogP contribution < -0.4 is 14.9 Å². The van der Waals surface area contributed by atoms with Crippen molar-refractivity contribution >= 4 is 29.1 Å². The van der Waals surface area contributed by atoms with E-state index in [1.54, 1.807) is 26.0 Å². The summed E-state index contributed by atoms with van der Waals surface area (Å²) in [5.74, 6) is -0.609. The van der Waals surface area contributed by atoms with Crippen molar-refractivity contribution in [3.63, 3.8) is 0 Å². The number of hydrogen-bond donors (Lipinski definition) is 0. The highest BCUT2D eigenvalue weighted by Gasteiger charge is 2.34. The summed E-state index contributed by atoms with van der Waals surface area (Å²) < 4.78 is 7.09. The van der Waals surface area contributed by atoms with E-state index in [4.69, 9.17) is 4.74 Å². The summed E-state index contributed by atoms with van der Waals surface area (Å²) in [6.07, 6.45) is 1.76. The Balaban J connectivity index is 1.98. The number of aromatic nitrogens is 1. The van der Waals surface area contributed by atoms with Gasteiger partial charge in [0.05, 0.1) is 33.4 Å². The summed E-state index contributed by atoms with van der Waals surface area (Å²) in [6.45, 7) is 3.51. The van der Waals surface area contributed by atoms with Gasteiger partial charge in [-0.25, -0.2) is 9.79 Å². The number of rotatable bonds is 5. The van der Waals surface area contributed by atoms with Crippen LogP contribution in [0.4, 0.5) is 5.69 Å². The number of nitro groups is 1. The first kappa shape index (κ1) is 21.4. The number of hydrogen-bond acceptors (Lipinski definition) is 7. The summed E-state index contributed by atoms with van der Waals surface area (Å²) in [5, 5.41) is 11.3. The van der Waals surface area contributed by atoms with Gasteiger partial charge in [0, 0.05) is 12.1 Å². The quantitative estimate of drug-likeness (QED) is 0.338. The molecule has 3 aromatic rings. The van der Waals surface area contributed by atoms with Crippen molar-refractivity contribution in [1.82, 2.24) is 4.57 Å². The number of thiazole rings is 1. The van der Waals surface area contributed by atoms with Crippen LogP contribution in [0.25, 0.3) is 6.08 Å². The molecule has 1 unspecified atom stereocenters. The number of carbonyl (C=O) groups excluding carboxylic acids is 1. The Kier molecular flexibility index (Phi) is 5.83. The van der Waals surface area contributed by atoms with Gasteiger partial charge in [-0.2, -0.15) is 0 Å². The van der Waals surface area contributed by atoms with E-state index in [1.807, 2.05) is 30.3 Å². The van der Waals surface area contributed by atoms with Crippen molar-refractivity contribution in [2.24, 2.45) is 4.99 Å². The Labute approximate surface area is 186 Å². The Morgan fingerprint density at radius 3 is 2.69 bits per heavy atom. The molecule has 8 nitrogen and oxygen atoms in total. The van der Waals surface area contributed by atoms with Crippen molar-refractivity contribution in [1.29, 1.82) is 0 Å². The van der Waals surface area contributed by atoms with Crippen LogP contribution in [0, 0.1) is 10.1 Å². The normalized spacial score (nSPS) is 15.8. The summed E-state index contributed by atoms with van der Waals surface area (Å²) in [4.78, 5) is 42.0. The predicted molar refractivity (Wildman–Crippen MR) is 120 cm³/mol. The van der Waals surface area contributed by atoms with Gasteiger partial charge in [-0.15, -0.1) is 0 Å². The molecule has 0 radical (unpaired) electrons. The zero-order valence-electron chi connectivity index (χ0n) is 17.3. The molecule has 0 N–H and O–H groups in total. The lowest BCUT2D eigenvalue weighted by Gasteiger charge is -2.24. The monoisotopic (exact) mass is 449 g/mol. The topological polar surface area (TPSA) is 104 Å². The first-order valence-electron chi connectivity index (χ1n) is 9.89. The molecule has 1 aliphatic rings. The number of fused-ring (bicyclic) bond motifs is 1. The fourth-order valence-corrected chi connectivity index (χ4v) is 4.66. The van der Waals surface area contributed by atoms with Gasteiger partial charge in [0.1, 0.15) is 0 Å². The SMILES string of the molecule is CCOC(=O)C1=C(C)N=c2s/c(=C/c3ccccc3)c(=O)n2C1c1cccc([N+](=O)[O-])c1. The van der Waals surface area contributed by atoms with Gasteiger partial charge in [0.25, 0.3) is 11.2 Å². The molecule has 2 heterocycles. The van der Waals surface area contributed by atoms with Gasteiger partial charge in [-0.05, 0) is 31.1 Å². The molecule has 9 heteroatoms. The zero-order chi connectivity index (χ0) is 22.8. The minimum absolute atomic E-state index is 0.133. The molecule has 0 saturated carbocycles. The first-order valence-corrected chi connectivity index (χ1v) is 10.7. The number of nitrogens with zero attached hydrogens (tertiary/aromatic N) is 3. The average molecular weight is 449 g/mol. The third kappa shape index (κ3) is 3.90. The Hall–Kier alpha value is -3.85. The number of allylic oxidation sites excluding steroid dienone is 1. The first-order chi connectivity index (χ1) is 15.4. The van der Waals surface area contributed by atoms with E-state index < -0.39 is 16.9 Å². The smallest absolute Gasteiger partial charge is 0.338 e. The predicted octanol–water partition coefficient (Wildman–Crippen LogP) is 2.71. The van der Waals surface area contributed by atoms with Crippen molar-refractivity contribution < 1.29 is 14.5 Å². The molecular weight excluding hydrogens is 430 g/mol. The Morgan fingerprint density at radius 2 is 2.00 bits per heavy atom. The second-order valence-corrected chi connectivity index (χ2v) is 8.07. The van der Waals surface area contributed by atoms with E-state index in [-0.39, 0.29) is 23.4 Å². The molecule has 0 amide bonds. The third-order valence-corrected chi connectivity index (χ3v) is 5.99. The molecule has 0 fully saturated rings. The lowest BCUT2D eigenvalue weighted by Crippen LogP contribution is -2.39. The summed E-state index contributed by atoms with van der Waals surface area (Å²) >= 11 is 1.20. The largest absolute Gasteiger partial charge is 0.463 e. The molecule has 4 rings (SSSR count). The fraction of sp³-hybridized carbons (Fsp3) is 0.174. The Morgan fingerprint density at radius 1 is 1.25 bits per heavy atom. The number of esters is 1. The van der Waals surface area contributed by atoms with Crippen LogP contribution in [0.2, 0.25) is 0 Å². The highest BCUT2D eigenvalue weighted by Crippen LogP contribution is 2.32. The highest BCUT2D eigenvalue weighted by molar-refractivity contribution is 7.07. The number of ether oxygens (including phenoxy) is 1.